The van der Waals surface area contributed by atoms with Crippen molar-refractivity contribution in [3.8, 4) is 0 Å². The summed E-state index contributed by atoms with van der Waals surface area (Å²) in [6, 6.07) is 7.83. The summed E-state index contributed by atoms with van der Waals surface area (Å²) in [5, 5.41) is 0. The molecule has 2 atom stereocenters. The molecule has 0 spiro atoms. The maximum atomic E-state index is 12.8. The smallest absolute Gasteiger partial charge is 0.228 e. The van der Waals surface area contributed by atoms with Crippen LogP contribution < -0.4 is 10.6 Å². The Morgan fingerprint density at radius 1 is 1.32 bits per heavy atom. The maximum Gasteiger partial charge on any atom is 0.228 e. The van der Waals surface area contributed by atoms with E-state index in [4.69, 9.17) is 5.73 Å². The lowest BCUT2D eigenvalue weighted by molar-refractivity contribution is -0.137. The predicted molar refractivity (Wildman–Crippen MR) is 105 cm³/mol. The van der Waals surface area contributed by atoms with E-state index >= 15 is 0 Å². The Bertz CT molecular complexity index is 633. The number of piperidine rings is 1. The van der Waals surface area contributed by atoms with Gasteiger partial charge in [-0.1, -0.05) is 22.0 Å². The summed E-state index contributed by atoms with van der Waals surface area (Å²) in [7, 11) is 0. The second-order valence-corrected chi connectivity index (χ2v) is 7.82. The molecule has 2 saturated heterocycles. The molecule has 2 amide bonds. The molecule has 138 valence electrons. The number of hydrogen-bond donors (Lipinski definition) is 1. The first-order valence-electron chi connectivity index (χ1n) is 8.56. The van der Waals surface area contributed by atoms with Crippen LogP contribution in [0.5, 0.6) is 0 Å². The Balaban J connectivity index is 0.00000225. The summed E-state index contributed by atoms with van der Waals surface area (Å²) in [6.45, 7) is 4.02. The molecular formula is C18H25BrClN3O2. The first kappa shape index (κ1) is 20.2. The number of rotatable bonds is 3. The van der Waals surface area contributed by atoms with Gasteiger partial charge in [0.15, 0.2) is 0 Å². The van der Waals surface area contributed by atoms with Gasteiger partial charge in [-0.25, -0.2) is 0 Å². The predicted octanol–water partition coefficient (Wildman–Crippen LogP) is 2.81. The first-order chi connectivity index (χ1) is 11.5. The SMILES string of the molecule is CC(N)C1CCN(C(=O)C2CC(=O)N(c3cccc(Br)c3)C2)CC1.Cl. The van der Waals surface area contributed by atoms with E-state index in [1.54, 1.807) is 4.90 Å². The molecule has 1 aromatic carbocycles. The van der Waals surface area contributed by atoms with E-state index in [2.05, 4.69) is 15.9 Å². The second kappa shape index (κ2) is 8.52. The number of hydrogen-bond acceptors (Lipinski definition) is 3. The van der Waals surface area contributed by atoms with Gasteiger partial charge in [-0.05, 0) is 43.9 Å². The van der Waals surface area contributed by atoms with E-state index < -0.39 is 0 Å². The lowest BCUT2D eigenvalue weighted by atomic mass is 9.90. The second-order valence-electron chi connectivity index (χ2n) is 6.91. The van der Waals surface area contributed by atoms with Crippen LogP contribution in [0.4, 0.5) is 5.69 Å². The third kappa shape index (κ3) is 4.54. The third-order valence-electron chi connectivity index (χ3n) is 5.19. The fraction of sp³-hybridized carbons (Fsp3) is 0.556. The number of benzene rings is 1. The van der Waals surface area contributed by atoms with E-state index in [0.717, 1.165) is 36.1 Å². The molecule has 0 aromatic heterocycles. The van der Waals surface area contributed by atoms with Crippen molar-refractivity contribution < 1.29 is 9.59 Å². The molecule has 25 heavy (non-hydrogen) atoms. The summed E-state index contributed by atoms with van der Waals surface area (Å²) < 4.78 is 0.931. The minimum atomic E-state index is -0.233. The quantitative estimate of drug-likeness (QED) is 0.802. The van der Waals surface area contributed by atoms with Crippen LogP contribution in [0.3, 0.4) is 0 Å². The normalized spacial score (nSPS) is 22.7. The van der Waals surface area contributed by atoms with Crippen LogP contribution in [0.15, 0.2) is 28.7 Å². The van der Waals surface area contributed by atoms with Gasteiger partial charge in [0.25, 0.3) is 0 Å². The van der Waals surface area contributed by atoms with Gasteiger partial charge in [0, 0.05) is 42.3 Å². The van der Waals surface area contributed by atoms with Crippen molar-refractivity contribution in [1.29, 1.82) is 0 Å². The van der Waals surface area contributed by atoms with Crippen molar-refractivity contribution in [1.82, 2.24) is 4.90 Å². The van der Waals surface area contributed by atoms with Crippen molar-refractivity contribution in [3.05, 3.63) is 28.7 Å². The third-order valence-corrected chi connectivity index (χ3v) is 5.68. The molecule has 2 fully saturated rings. The van der Waals surface area contributed by atoms with E-state index in [-0.39, 0.29) is 36.2 Å². The zero-order valence-electron chi connectivity index (χ0n) is 14.4. The van der Waals surface area contributed by atoms with Crippen LogP contribution in [0.1, 0.15) is 26.2 Å². The van der Waals surface area contributed by atoms with Crippen LogP contribution in [0.2, 0.25) is 0 Å². The Morgan fingerprint density at radius 3 is 2.60 bits per heavy atom. The van der Waals surface area contributed by atoms with E-state index in [1.165, 1.54) is 0 Å². The van der Waals surface area contributed by atoms with E-state index in [9.17, 15) is 9.59 Å². The Labute approximate surface area is 163 Å². The molecule has 5 nitrogen and oxygen atoms in total. The molecule has 7 heteroatoms. The summed E-state index contributed by atoms with van der Waals surface area (Å²) in [4.78, 5) is 28.8. The van der Waals surface area contributed by atoms with E-state index in [0.29, 0.717) is 18.9 Å². The Kier molecular flexibility index (Phi) is 6.88. The van der Waals surface area contributed by atoms with Crippen LogP contribution in [-0.2, 0) is 9.59 Å². The van der Waals surface area contributed by atoms with Crippen LogP contribution >= 0.6 is 28.3 Å². The summed E-state index contributed by atoms with van der Waals surface area (Å²) in [5.74, 6) is 0.404. The van der Waals surface area contributed by atoms with Crippen LogP contribution in [0, 0.1) is 11.8 Å². The minimum Gasteiger partial charge on any atom is -0.342 e. The molecule has 0 radical (unpaired) electrons. The summed E-state index contributed by atoms with van der Waals surface area (Å²) in [6.07, 6.45) is 2.22. The van der Waals surface area contributed by atoms with Crippen molar-refractivity contribution in [3.63, 3.8) is 0 Å². The standard InChI is InChI=1S/C18H24BrN3O2.ClH/c1-12(20)13-5-7-21(8-6-13)18(24)14-9-17(23)22(11-14)16-4-2-3-15(19)10-16;/h2-4,10,12-14H,5-9,11,20H2,1H3;1H. The average Bonchev–Trinajstić information content (AvgIpc) is 2.96. The Hall–Kier alpha value is -1.11. The molecular weight excluding hydrogens is 406 g/mol. The molecule has 0 bridgehead atoms. The van der Waals surface area contributed by atoms with Gasteiger partial charge in [0.1, 0.15) is 0 Å². The monoisotopic (exact) mass is 429 g/mol. The Morgan fingerprint density at radius 2 is 2.00 bits per heavy atom. The van der Waals surface area contributed by atoms with Gasteiger partial charge >= 0.3 is 0 Å². The van der Waals surface area contributed by atoms with Crippen LogP contribution in [0.25, 0.3) is 0 Å². The fourth-order valence-electron chi connectivity index (χ4n) is 3.67. The highest BCUT2D eigenvalue weighted by Crippen LogP contribution is 2.29. The maximum absolute atomic E-state index is 12.8. The number of halogens is 2. The molecule has 2 heterocycles. The lowest BCUT2D eigenvalue weighted by Gasteiger charge is -2.35. The topological polar surface area (TPSA) is 66.6 Å². The zero-order valence-corrected chi connectivity index (χ0v) is 16.8. The number of carbonyl (C=O) groups is 2. The summed E-state index contributed by atoms with van der Waals surface area (Å²) >= 11 is 3.43. The fourth-order valence-corrected chi connectivity index (χ4v) is 4.06. The minimum absolute atomic E-state index is 0. The number of nitrogens with zero attached hydrogens (tertiary/aromatic N) is 2. The van der Waals surface area contributed by atoms with Crippen LogP contribution in [-0.4, -0.2) is 42.4 Å². The molecule has 0 saturated carbocycles. The van der Waals surface area contributed by atoms with E-state index in [1.807, 2.05) is 36.1 Å². The molecule has 1 aromatic rings. The number of nitrogens with two attached hydrogens (primary N) is 1. The van der Waals surface area contributed by atoms with Crippen molar-refractivity contribution in [2.24, 2.45) is 17.6 Å². The number of likely N-dealkylation sites (tertiary alicyclic amines) is 1. The average molecular weight is 431 g/mol. The number of carbonyl (C=O) groups excluding carboxylic acids is 2. The molecule has 2 N–H and O–H groups in total. The molecule has 2 unspecified atom stereocenters. The van der Waals surface area contributed by atoms with Gasteiger partial charge in [-0.15, -0.1) is 12.4 Å². The van der Waals surface area contributed by atoms with Gasteiger partial charge in [-0.3, -0.25) is 9.59 Å². The molecule has 3 rings (SSSR count). The lowest BCUT2D eigenvalue weighted by Crippen LogP contribution is -2.45. The number of amides is 2. The van der Waals surface area contributed by atoms with Gasteiger partial charge in [0.05, 0.1) is 5.92 Å². The highest BCUT2D eigenvalue weighted by molar-refractivity contribution is 9.10. The molecule has 2 aliphatic heterocycles. The first-order valence-corrected chi connectivity index (χ1v) is 9.35. The van der Waals surface area contributed by atoms with Crippen molar-refractivity contribution in [2.75, 3.05) is 24.5 Å². The highest BCUT2D eigenvalue weighted by Gasteiger charge is 2.38. The van der Waals surface area contributed by atoms with Gasteiger partial charge in [-0.2, -0.15) is 0 Å². The molecule has 2 aliphatic rings. The number of anilines is 1. The summed E-state index contributed by atoms with van der Waals surface area (Å²) in [5.41, 5.74) is 6.81. The largest absolute Gasteiger partial charge is 0.342 e. The van der Waals surface area contributed by atoms with Gasteiger partial charge < -0.3 is 15.5 Å². The zero-order chi connectivity index (χ0) is 17.3. The van der Waals surface area contributed by atoms with Crippen molar-refractivity contribution in [2.45, 2.75) is 32.2 Å². The highest BCUT2D eigenvalue weighted by atomic mass is 79.9. The molecule has 0 aliphatic carbocycles. The van der Waals surface area contributed by atoms with Gasteiger partial charge in [0.2, 0.25) is 11.8 Å². The van der Waals surface area contributed by atoms with Crippen molar-refractivity contribution >= 4 is 45.8 Å².